The minimum Gasteiger partial charge on any atom is -0.278 e. The standard InChI is InChI=1S/C47H26N18/c1-9-48-18-26-27-19-49-10-2-35(27)62(34(1)26)44-56-42(57-45(60-44)63-36-3-11-50-20-28(36)29-21-51-12-4-37(29)63)17-43-58-46(64-38-5-13-52-22-30(38)31-23-53-14-6-39(31)64)61-47(59-43)65-40-7-15-54-24-32(40)33-25-55-16-8-41(33)65/h1-16,18-25H,17H2. The molecule has 304 valence electrons. The van der Waals surface area contributed by atoms with E-state index in [0.717, 1.165) is 87.2 Å². The molecule has 0 amide bonds. The van der Waals surface area contributed by atoms with Gasteiger partial charge in [-0.25, -0.2) is 0 Å². The lowest BCUT2D eigenvalue weighted by Gasteiger charge is -2.14. The van der Waals surface area contributed by atoms with Gasteiger partial charge in [-0.05, 0) is 48.5 Å². The zero-order chi connectivity index (χ0) is 42.6. The monoisotopic (exact) mass is 842 g/mol. The Labute approximate surface area is 363 Å². The molecule has 18 nitrogen and oxygen atoms in total. The van der Waals surface area contributed by atoms with Crippen molar-refractivity contribution in [2.75, 3.05) is 0 Å². The smallest absolute Gasteiger partial charge is 0.239 e. The molecule has 0 spiro atoms. The van der Waals surface area contributed by atoms with Gasteiger partial charge in [-0.15, -0.1) is 0 Å². The molecule has 14 aromatic rings. The maximum absolute atomic E-state index is 5.25. The fraction of sp³-hybridized carbons (Fsp3) is 0.0213. The molecule has 0 unspecified atom stereocenters. The van der Waals surface area contributed by atoms with Crippen molar-refractivity contribution >= 4 is 87.2 Å². The van der Waals surface area contributed by atoms with Crippen LogP contribution in [0.15, 0.2) is 148 Å². The minimum atomic E-state index is 0.0893. The molecule has 0 fully saturated rings. The van der Waals surface area contributed by atoms with Gasteiger partial charge in [0, 0.05) is 142 Å². The fourth-order valence-corrected chi connectivity index (χ4v) is 9.19. The summed E-state index contributed by atoms with van der Waals surface area (Å²) in [6, 6.07) is 15.6. The number of nitrogens with zero attached hydrogens (tertiary/aromatic N) is 18. The van der Waals surface area contributed by atoms with E-state index in [1.807, 2.05) is 116 Å². The van der Waals surface area contributed by atoms with E-state index in [1.54, 1.807) is 49.6 Å². The Balaban J connectivity index is 1.05. The molecule has 14 heterocycles. The van der Waals surface area contributed by atoms with Crippen LogP contribution in [0, 0.1) is 0 Å². The van der Waals surface area contributed by atoms with Gasteiger partial charge in [-0.3, -0.25) is 58.1 Å². The topological polar surface area (TPSA) is 200 Å². The first-order valence-electron chi connectivity index (χ1n) is 20.5. The van der Waals surface area contributed by atoms with Crippen molar-refractivity contribution in [3.05, 3.63) is 159 Å². The van der Waals surface area contributed by atoms with Crippen molar-refractivity contribution in [3.8, 4) is 23.8 Å². The maximum Gasteiger partial charge on any atom is 0.239 e. The lowest BCUT2D eigenvalue weighted by molar-refractivity contribution is 0.782. The first-order chi connectivity index (χ1) is 32.2. The summed E-state index contributed by atoms with van der Waals surface area (Å²) in [5.74, 6) is 2.38. The molecule has 0 saturated heterocycles. The zero-order valence-electron chi connectivity index (χ0n) is 33.6. The van der Waals surface area contributed by atoms with Crippen LogP contribution in [0.4, 0.5) is 0 Å². The van der Waals surface area contributed by atoms with E-state index >= 15 is 0 Å². The quantitative estimate of drug-likeness (QED) is 0.163. The third kappa shape index (κ3) is 5.15. The Hall–Kier alpha value is -9.58. The molecule has 14 aromatic heterocycles. The molecule has 0 aromatic carbocycles. The van der Waals surface area contributed by atoms with Crippen LogP contribution in [0.1, 0.15) is 11.6 Å². The third-order valence-electron chi connectivity index (χ3n) is 11.9. The van der Waals surface area contributed by atoms with Crippen molar-refractivity contribution in [2.45, 2.75) is 6.42 Å². The fourth-order valence-electron chi connectivity index (χ4n) is 9.19. The number of pyridine rings is 8. The van der Waals surface area contributed by atoms with Gasteiger partial charge in [0.2, 0.25) is 23.8 Å². The highest BCUT2D eigenvalue weighted by molar-refractivity contribution is 6.11. The Morgan fingerprint density at radius 2 is 0.431 bits per heavy atom. The summed E-state index contributed by atoms with van der Waals surface area (Å²) in [5.41, 5.74) is 6.87. The summed E-state index contributed by atoms with van der Waals surface area (Å²) in [6.45, 7) is 0. The molecule has 0 saturated carbocycles. The number of fused-ring (bicyclic) bond motifs is 12. The number of rotatable bonds is 6. The van der Waals surface area contributed by atoms with Crippen molar-refractivity contribution in [2.24, 2.45) is 0 Å². The summed E-state index contributed by atoms with van der Waals surface area (Å²) in [5, 5.41) is 7.28. The molecule has 14 rings (SSSR count). The molecular weight excluding hydrogens is 817 g/mol. The number of hydrogen-bond donors (Lipinski definition) is 0. The molecule has 0 radical (unpaired) electrons. The maximum atomic E-state index is 5.25. The van der Waals surface area contributed by atoms with E-state index in [0.29, 0.717) is 35.4 Å². The average molecular weight is 843 g/mol. The molecule has 0 N–H and O–H groups in total. The predicted molar refractivity (Wildman–Crippen MR) is 242 cm³/mol. The van der Waals surface area contributed by atoms with Crippen LogP contribution in [-0.4, -0.2) is 88.0 Å². The van der Waals surface area contributed by atoms with Crippen molar-refractivity contribution < 1.29 is 0 Å². The molecule has 65 heavy (non-hydrogen) atoms. The lowest BCUT2D eigenvalue weighted by Crippen LogP contribution is -2.15. The average Bonchev–Trinajstić information content (AvgIpc) is 4.09. The molecule has 0 aliphatic rings. The molecular formula is C47H26N18. The molecule has 0 bridgehead atoms. The number of aromatic nitrogens is 18. The van der Waals surface area contributed by atoms with Crippen molar-refractivity contribution in [1.29, 1.82) is 0 Å². The van der Waals surface area contributed by atoms with Crippen LogP contribution >= 0.6 is 0 Å². The third-order valence-corrected chi connectivity index (χ3v) is 11.9. The van der Waals surface area contributed by atoms with Crippen LogP contribution in [0.25, 0.3) is 111 Å². The van der Waals surface area contributed by atoms with Crippen LogP contribution < -0.4 is 0 Å². The Kier molecular flexibility index (Phi) is 7.26. The van der Waals surface area contributed by atoms with Gasteiger partial charge in [0.15, 0.2) is 0 Å². The Bertz CT molecular complexity index is 3510. The van der Waals surface area contributed by atoms with Gasteiger partial charge in [0.25, 0.3) is 0 Å². The number of hydrogen-bond acceptors (Lipinski definition) is 14. The highest BCUT2D eigenvalue weighted by Crippen LogP contribution is 2.35. The zero-order valence-corrected chi connectivity index (χ0v) is 33.6. The van der Waals surface area contributed by atoms with Gasteiger partial charge < -0.3 is 0 Å². The highest BCUT2D eigenvalue weighted by Gasteiger charge is 2.24. The van der Waals surface area contributed by atoms with Gasteiger partial charge >= 0.3 is 0 Å². The summed E-state index contributed by atoms with van der Waals surface area (Å²) < 4.78 is 8.07. The van der Waals surface area contributed by atoms with E-state index in [4.69, 9.17) is 29.9 Å². The van der Waals surface area contributed by atoms with Gasteiger partial charge in [-0.2, -0.15) is 29.9 Å². The lowest BCUT2D eigenvalue weighted by atomic mass is 10.2. The van der Waals surface area contributed by atoms with Gasteiger partial charge in [-0.1, -0.05) is 0 Å². The summed E-state index contributed by atoms with van der Waals surface area (Å²) in [4.78, 5) is 67.1. The second kappa shape index (κ2) is 13.5. The largest absolute Gasteiger partial charge is 0.278 e. The second-order valence-corrected chi connectivity index (χ2v) is 15.4. The second-order valence-electron chi connectivity index (χ2n) is 15.4. The highest BCUT2D eigenvalue weighted by atomic mass is 15.3. The Morgan fingerprint density at radius 1 is 0.246 bits per heavy atom. The van der Waals surface area contributed by atoms with Crippen molar-refractivity contribution in [1.82, 2.24) is 88.0 Å². The van der Waals surface area contributed by atoms with E-state index in [-0.39, 0.29) is 6.42 Å². The van der Waals surface area contributed by atoms with E-state index in [9.17, 15) is 0 Å². The van der Waals surface area contributed by atoms with Crippen LogP contribution in [0.2, 0.25) is 0 Å². The van der Waals surface area contributed by atoms with Gasteiger partial charge in [0.05, 0.1) is 50.6 Å². The van der Waals surface area contributed by atoms with Crippen LogP contribution in [0.3, 0.4) is 0 Å². The first-order valence-corrected chi connectivity index (χ1v) is 20.5. The molecule has 0 atom stereocenters. The molecule has 0 aliphatic heterocycles. The van der Waals surface area contributed by atoms with Crippen molar-refractivity contribution in [3.63, 3.8) is 0 Å². The van der Waals surface area contributed by atoms with Gasteiger partial charge in [0.1, 0.15) is 11.6 Å². The Morgan fingerprint density at radius 3 is 0.615 bits per heavy atom. The first kappa shape index (κ1) is 35.1. The van der Waals surface area contributed by atoms with E-state index in [2.05, 4.69) is 39.9 Å². The van der Waals surface area contributed by atoms with E-state index in [1.165, 1.54) is 0 Å². The normalized spacial score (nSPS) is 12.1. The molecule has 0 aliphatic carbocycles. The van der Waals surface area contributed by atoms with E-state index < -0.39 is 0 Å². The summed E-state index contributed by atoms with van der Waals surface area (Å²) in [6.07, 6.45) is 28.8. The molecule has 18 heteroatoms. The van der Waals surface area contributed by atoms with Crippen LogP contribution in [-0.2, 0) is 6.42 Å². The summed E-state index contributed by atoms with van der Waals surface area (Å²) in [7, 11) is 0. The summed E-state index contributed by atoms with van der Waals surface area (Å²) >= 11 is 0. The predicted octanol–water partition coefficient (Wildman–Crippen LogP) is 7.20. The minimum absolute atomic E-state index is 0.0893. The van der Waals surface area contributed by atoms with Crippen LogP contribution in [0.5, 0.6) is 0 Å². The SMILES string of the molecule is c1cc2c(cn1)c1cnccc1n2-c1nc(Cc2nc(-n3c4ccncc4c4cnccc43)nc(-n3c4ccncc4c4cnccc43)n2)nc(-n2c3ccncc3c3cnccc32)n1.